The molecule has 3 atom stereocenters. The maximum Gasteiger partial charge on any atom is 0.344 e. The van der Waals surface area contributed by atoms with Gasteiger partial charge in [0.15, 0.2) is 12.4 Å². The number of aryl methyl sites for hydroxylation is 1. The second-order valence-corrected chi connectivity index (χ2v) is 7.86. The number of Topliss-reactive ketones (excluding diaryl/α,β-unsaturated/α-hetero) is 1. The molecule has 2 fully saturated rings. The second-order valence-electron chi connectivity index (χ2n) is 7.86. The SMILES string of the molecule is CCOC(=O)c1c(NC(=O)COC(=O)C[C@H]2C[C@H]3CC[C@@H]2C3)oc(C)c1C(C)=O. The number of furan rings is 1. The Hall–Kier alpha value is -2.64. The maximum atomic E-state index is 12.2. The lowest BCUT2D eigenvalue weighted by molar-refractivity contribution is -0.148. The van der Waals surface area contributed by atoms with E-state index >= 15 is 0 Å². The fraction of sp³-hybridized carbons (Fsp3) is 0.619. The van der Waals surface area contributed by atoms with Gasteiger partial charge in [-0.15, -0.1) is 0 Å². The fourth-order valence-corrected chi connectivity index (χ4v) is 4.66. The van der Waals surface area contributed by atoms with Crippen molar-refractivity contribution >= 4 is 29.5 Å². The van der Waals surface area contributed by atoms with Gasteiger partial charge >= 0.3 is 11.9 Å². The third-order valence-corrected chi connectivity index (χ3v) is 5.85. The molecule has 1 amide bonds. The van der Waals surface area contributed by atoms with Crippen molar-refractivity contribution in [3.63, 3.8) is 0 Å². The minimum atomic E-state index is -0.766. The number of hydrogen-bond donors (Lipinski definition) is 1. The summed E-state index contributed by atoms with van der Waals surface area (Å²) in [6.45, 7) is 4.06. The number of ketones is 1. The molecule has 8 heteroatoms. The normalized spacial score (nSPS) is 22.4. The van der Waals surface area contributed by atoms with Gasteiger partial charge in [-0.25, -0.2) is 4.79 Å². The molecule has 2 saturated carbocycles. The number of carbonyl (C=O) groups excluding carboxylic acids is 4. The molecule has 2 aliphatic carbocycles. The van der Waals surface area contributed by atoms with Gasteiger partial charge in [-0.05, 0) is 57.8 Å². The zero-order valence-corrected chi connectivity index (χ0v) is 17.0. The van der Waals surface area contributed by atoms with Gasteiger partial charge in [-0.1, -0.05) is 6.42 Å². The summed E-state index contributed by atoms with van der Waals surface area (Å²) in [5.41, 5.74) is -0.0643. The molecule has 1 aromatic rings. The number of anilines is 1. The first kappa shape index (κ1) is 21.1. The van der Waals surface area contributed by atoms with E-state index < -0.39 is 24.5 Å². The summed E-state index contributed by atoms with van der Waals surface area (Å²) in [5.74, 6) is -0.492. The van der Waals surface area contributed by atoms with E-state index in [0.717, 1.165) is 12.3 Å². The Labute approximate surface area is 169 Å². The highest BCUT2D eigenvalue weighted by atomic mass is 16.5. The van der Waals surface area contributed by atoms with Crippen molar-refractivity contribution in [2.75, 3.05) is 18.5 Å². The molecule has 0 aromatic carbocycles. The highest BCUT2D eigenvalue weighted by molar-refractivity contribution is 6.10. The van der Waals surface area contributed by atoms with Crippen LogP contribution in [0.5, 0.6) is 0 Å². The van der Waals surface area contributed by atoms with Crippen LogP contribution in [-0.2, 0) is 19.1 Å². The molecule has 0 spiro atoms. The molecular formula is C21H27NO7. The van der Waals surface area contributed by atoms with E-state index in [1.807, 2.05) is 0 Å². The summed E-state index contributed by atoms with van der Waals surface area (Å²) in [6, 6.07) is 0. The third kappa shape index (κ3) is 4.68. The minimum Gasteiger partial charge on any atom is -0.462 e. The molecular weight excluding hydrogens is 378 g/mol. The average molecular weight is 405 g/mol. The molecule has 8 nitrogen and oxygen atoms in total. The van der Waals surface area contributed by atoms with Gasteiger partial charge in [0.2, 0.25) is 5.88 Å². The van der Waals surface area contributed by atoms with Crippen LogP contribution in [0.1, 0.15) is 72.4 Å². The quantitative estimate of drug-likeness (QED) is 0.522. The Morgan fingerprint density at radius 1 is 1.10 bits per heavy atom. The fourth-order valence-electron chi connectivity index (χ4n) is 4.66. The molecule has 0 aliphatic heterocycles. The largest absolute Gasteiger partial charge is 0.462 e. The summed E-state index contributed by atoms with van der Waals surface area (Å²) in [4.78, 5) is 48.4. The molecule has 1 N–H and O–H groups in total. The number of hydrogen-bond acceptors (Lipinski definition) is 7. The molecule has 3 rings (SSSR count). The van der Waals surface area contributed by atoms with Gasteiger partial charge in [-0.3, -0.25) is 19.7 Å². The van der Waals surface area contributed by atoms with Gasteiger partial charge in [0.1, 0.15) is 11.3 Å². The lowest BCUT2D eigenvalue weighted by atomic mass is 9.86. The summed E-state index contributed by atoms with van der Waals surface area (Å²) >= 11 is 0. The van der Waals surface area contributed by atoms with Crippen molar-refractivity contribution in [1.29, 1.82) is 0 Å². The van der Waals surface area contributed by atoms with Crippen molar-refractivity contribution in [1.82, 2.24) is 0 Å². The second kappa shape index (κ2) is 8.80. The highest BCUT2D eigenvalue weighted by Gasteiger charge is 2.40. The van der Waals surface area contributed by atoms with Crippen LogP contribution in [-0.4, -0.2) is 36.8 Å². The molecule has 0 saturated heterocycles. The Balaban J connectivity index is 1.58. The van der Waals surface area contributed by atoms with Crippen LogP contribution >= 0.6 is 0 Å². The van der Waals surface area contributed by atoms with E-state index in [1.54, 1.807) is 6.92 Å². The van der Waals surface area contributed by atoms with Gasteiger partial charge in [0.05, 0.1) is 12.2 Å². The van der Waals surface area contributed by atoms with Crippen molar-refractivity contribution < 1.29 is 33.1 Å². The monoisotopic (exact) mass is 405 g/mol. The predicted molar refractivity (Wildman–Crippen MR) is 103 cm³/mol. The predicted octanol–water partition coefficient (Wildman–Crippen LogP) is 3.28. The topological polar surface area (TPSA) is 112 Å². The zero-order chi connectivity index (χ0) is 21.1. The molecule has 0 unspecified atom stereocenters. The Bertz CT molecular complexity index is 825. The summed E-state index contributed by atoms with van der Waals surface area (Å²) in [5, 5.41) is 2.41. The zero-order valence-electron chi connectivity index (χ0n) is 17.0. The van der Waals surface area contributed by atoms with Gasteiger partial charge in [-0.2, -0.15) is 0 Å². The number of rotatable bonds is 8. The lowest BCUT2D eigenvalue weighted by Crippen LogP contribution is -2.24. The molecule has 1 aromatic heterocycles. The first-order valence-electron chi connectivity index (χ1n) is 10.1. The van der Waals surface area contributed by atoms with Crippen LogP contribution in [0.4, 0.5) is 5.88 Å². The molecule has 0 radical (unpaired) electrons. The van der Waals surface area contributed by atoms with Crippen LogP contribution in [0.3, 0.4) is 0 Å². The van der Waals surface area contributed by atoms with Crippen LogP contribution < -0.4 is 5.32 Å². The van der Waals surface area contributed by atoms with Crippen LogP contribution in [0.25, 0.3) is 0 Å². The average Bonchev–Trinajstić information content (AvgIpc) is 3.34. The number of ether oxygens (including phenoxy) is 2. The van der Waals surface area contributed by atoms with E-state index in [0.29, 0.717) is 18.3 Å². The summed E-state index contributed by atoms with van der Waals surface area (Å²) in [6.07, 6.45) is 5.03. The van der Waals surface area contributed by atoms with Crippen molar-refractivity contribution in [2.45, 2.75) is 52.9 Å². The van der Waals surface area contributed by atoms with Gasteiger partial charge in [0, 0.05) is 6.42 Å². The van der Waals surface area contributed by atoms with Crippen LogP contribution in [0.15, 0.2) is 4.42 Å². The Morgan fingerprint density at radius 2 is 1.86 bits per heavy atom. The molecule has 2 aliphatic rings. The summed E-state index contributed by atoms with van der Waals surface area (Å²) < 4.78 is 15.5. The lowest BCUT2D eigenvalue weighted by Gasteiger charge is -2.20. The summed E-state index contributed by atoms with van der Waals surface area (Å²) in [7, 11) is 0. The Kier molecular flexibility index (Phi) is 6.39. The molecule has 29 heavy (non-hydrogen) atoms. The van der Waals surface area contributed by atoms with Crippen molar-refractivity contribution in [3.05, 3.63) is 16.9 Å². The number of fused-ring (bicyclic) bond motifs is 2. The van der Waals surface area contributed by atoms with Gasteiger partial charge in [0.25, 0.3) is 5.91 Å². The van der Waals surface area contributed by atoms with E-state index in [9.17, 15) is 19.2 Å². The maximum absolute atomic E-state index is 12.2. The standard InChI is InChI=1S/C21H27NO7/c1-4-27-21(26)19-18(11(2)23)12(3)29-20(19)22-16(24)10-28-17(25)9-15-8-13-5-6-14(15)7-13/h13-15H,4-10H2,1-3H3,(H,22,24)/t13-,14+,15+/m0/s1. The minimum absolute atomic E-state index is 0.0621. The number of carbonyl (C=O) groups is 4. The highest BCUT2D eigenvalue weighted by Crippen LogP contribution is 2.49. The van der Waals surface area contributed by atoms with Crippen LogP contribution in [0.2, 0.25) is 0 Å². The first-order valence-corrected chi connectivity index (χ1v) is 10.1. The van der Waals surface area contributed by atoms with Crippen molar-refractivity contribution in [2.24, 2.45) is 17.8 Å². The number of amides is 1. The first-order chi connectivity index (χ1) is 13.8. The van der Waals surface area contributed by atoms with E-state index in [1.165, 1.54) is 33.1 Å². The van der Waals surface area contributed by atoms with Crippen molar-refractivity contribution in [3.8, 4) is 0 Å². The van der Waals surface area contributed by atoms with E-state index in [-0.39, 0.29) is 35.2 Å². The van der Waals surface area contributed by atoms with Gasteiger partial charge < -0.3 is 13.9 Å². The number of esters is 2. The number of nitrogens with one attached hydrogen (secondary N) is 1. The third-order valence-electron chi connectivity index (χ3n) is 5.85. The molecule has 1 heterocycles. The van der Waals surface area contributed by atoms with E-state index in [2.05, 4.69) is 5.32 Å². The molecule has 2 bridgehead atoms. The smallest absolute Gasteiger partial charge is 0.344 e. The molecule has 158 valence electrons. The Morgan fingerprint density at radius 3 is 2.45 bits per heavy atom. The van der Waals surface area contributed by atoms with E-state index in [4.69, 9.17) is 13.9 Å². The van der Waals surface area contributed by atoms with Crippen LogP contribution in [0, 0.1) is 24.7 Å².